The Balaban J connectivity index is 2.15. The average Bonchev–Trinajstić information content (AvgIpc) is 2.59. The number of hydrogen-bond donors (Lipinski definition) is 2. The van der Waals surface area contributed by atoms with Crippen LogP contribution in [0.15, 0.2) is 36.5 Å². The molecule has 0 radical (unpaired) electrons. The molecule has 24 heavy (non-hydrogen) atoms. The standard InChI is InChI=1S/C15H14ClN3O5/c1-24-15(21)10-6-12(19(22)23)14(17-7-10)18-8-13(20)9-2-4-11(16)5-3-9/h2-7,13,20H,8H2,1H3,(H,17,18). The zero-order chi connectivity index (χ0) is 17.7. The molecule has 0 fully saturated rings. The van der Waals surface area contributed by atoms with E-state index in [1.165, 1.54) is 7.11 Å². The molecule has 8 nitrogen and oxygen atoms in total. The van der Waals surface area contributed by atoms with Crippen LogP contribution in [0, 0.1) is 10.1 Å². The van der Waals surface area contributed by atoms with E-state index >= 15 is 0 Å². The van der Waals surface area contributed by atoms with E-state index in [2.05, 4.69) is 15.0 Å². The Bertz CT molecular complexity index is 751. The molecule has 0 saturated heterocycles. The van der Waals surface area contributed by atoms with Crippen molar-refractivity contribution in [2.45, 2.75) is 6.10 Å². The lowest BCUT2D eigenvalue weighted by Gasteiger charge is -2.13. The topological polar surface area (TPSA) is 115 Å². The van der Waals surface area contributed by atoms with Crippen LogP contribution in [0.4, 0.5) is 11.5 Å². The molecule has 2 aromatic rings. The van der Waals surface area contributed by atoms with E-state index in [4.69, 9.17) is 11.6 Å². The number of anilines is 1. The van der Waals surface area contributed by atoms with Crippen LogP contribution >= 0.6 is 11.6 Å². The minimum Gasteiger partial charge on any atom is -0.465 e. The molecular weight excluding hydrogens is 338 g/mol. The van der Waals surface area contributed by atoms with Gasteiger partial charge in [-0.2, -0.15) is 0 Å². The fourth-order valence-electron chi connectivity index (χ4n) is 1.95. The van der Waals surface area contributed by atoms with Gasteiger partial charge in [0.05, 0.1) is 23.7 Å². The summed E-state index contributed by atoms with van der Waals surface area (Å²) in [6.45, 7) is -0.00690. The van der Waals surface area contributed by atoms with E-state index in [1.807, 2.05) is 0 Å². The van der Waals surface area contributed by atoms with E-state index in [0.717, 1.165) is 12.3 Å². The summed E-state index contributed by atoms with van der Waals surface area (Å²) in [6.07, 6.45) is 0.250. The molecule has 1 aromatic carbocycles. The summed E-state index contributed by atoms with van der Waals surface area (Å²) in [7, 11) is 1.17. The lowest BCUT2D eigenvalue weighted by atomic mass is 10.1. The summed E-state index contributed by atoms with van der Waals surface area (Å²) in [4.78, 5) is 25.7. The number of methoxy groups -OCH3 is 1. The number of carbonyl (C=O) groups is 1. The molecule has 0 aliphatic carbocycles. The number of nitrogens with one attached hydrogen (secondary N) is 1. The molecule has 2 rings (SSSR count). The maximum Gasteiger partial charge on any atom is 0.339 e. The van der Waals surface area contributed by atoms with Crippen molar-refractivity contribution < 1.29 is 19.6 Å². The quantitative estimate of drug-likeness (QED) is 0.467. The second kappa shape index (κ2) is 7.71. The fourth-order valence-corrected chi connectivity index (χ4v) is 2.08. The van der Waals surface area contributed by atoms with Gasteiger partial charge in [-0.1, -0.05) is 23.7 Å². The molecule has 0 bridgehead atoms. The van der Waals surface area contributed by atoms with Crippen molar-refractivity contribution in [2.24, 2.45) is 0 Å². The molecule has 1 unspecified atom stereocenters. The number of aliphatic hydroxyl groups excluding tert-OH is 1. The van der Waals surface area contributed by atoms with Gasteiger partial charge < -0.3 is 15.2 Å². The molecule has 9 heteroatoms. The summed E-state index contributed by atoms with van der Waals surface area (Å²) >= 11 is 5.78. The largest absolute Gasteiger partial charge is 0.465 e. The van der Waals surface area contributed by atoms with Crippen molar-refractivity contribution in [3.8, 4) is 0 Å². The van der Waals surface area contributed by atoms with Crippen LogP contribution < -0.4 is 5.32 Å². The molecule has 2 N–H and O–H groups in total. The van der Waals surface area contributed by atoms with Crippen LogP contribution in [0.25, 0.3) is 0 Å². The Kier molecular flexibility index (Phi) is 5.67. The predicted molar refractivity (Wildman–Crippen MR) is 87.1 cm³/mol. The van der Waals surface area contributed by atoms with Crippen LogP contribution in [0.2, 0.25) is 5.02 Å². The van der Waals surface area contributed by atoms with Gasteiger partial charge in [-0.15, -0.1) is 0 Å². The fraction of sp³-hybridized carbons (Fsp3) is 0.200. The first kappa shape index (κ1) is 17.6. The van der Waals surface area contributed by atoms with E-state index < -0.39 is 17.0 Å². The highest BCUT2D eigenvalue weighted by Gasteiger charge is 2.20. The number of hydrogen-bond acceptors (Lipinski definition) is 7. The van der Waals surface area contributed by atoms with Gasteiger partial charge in [0.1, 0.15) is 0 Å². The van der Waals surface area contributed by atoms with Crippen LogP contribution in [0.3, 0.4) is 0 Å². The number of aromatic nitrogens is 1. The average molecular weight is 352 g/mol. The van der Waals surface area contributed by atoms with Gasteiger partial charge in [0.25, 0.3) is 0 Å². The number of benzene rings is 1. The number of aliphatic hydroxyl groups is 1. The van der Waals surface area contributed by atoms with Crippen LogP contribution in [-0.4, -0.2) is 34.6 Å². The molecule has 0 spiro atoms. The Morgan fingerprint density at radius 3 is 2.71 bits per heavy atom. The van der Waals surface area contributed by atoms with Gasteiger partial charge in [-0.25, -0.2) is 9.78 Å². The molecule has 1 atom stereocenters. The molecule has 1 heterocycles. The summed E-state index contributed by atoms with van der Waals surface area (Å²) in [5, 5.41) is 24.5. The third kappa shape index (κ3) is 4.18. The first-order valence-electron chi connectivity index (χ1n) is 6.82. The van der Waals surface area contributed by atoms with Gasteiger partial charge >= 0.3 is 11.7 Å². The molecule has 0 aliphatic rings. The Morgan fingerprint density at radius 2 is 2.12 bits per heavy atom. The van der Waals surface area contributed by atoms with Gasteiger partial charge in [0.2, 0.25) is 5.82 Å². The van der Waals surface area contributed by atoms with Crippen molar-refractivity contribution in [1.82, 2.24) is 4.98 Å². The van der Waals surface area contributed by atoms with Crippen LogP contribution in [-0.2, 0) is 4.74 Å². The maximum atomic E-state index is 11.4. The number of carbonyl (C=O) groups excluding carboxylic acids is 1. The maximum absolute atomic E-state index is 11.4. The SMILES string of the molecule is COC(=O)c1cnc(NCC(O)c2ccc(Cl)cc2)c([N+](=O)[O-])c1. The number of nitrogens with zero attached hydrogens (tertiary/aromatic N) is 2. The first-order valence-corrected chi connectivity index (χ1v) is 7.20. The Hall–Kier alpha value is -2.71. The monoisotopic (exact) mass is 351 g/mol. The predicted octanol–water partition coefficient (Wildman–Crippen LogP) is 2.58. The van der Waals surface area contributed by atoms with Gasteiger partial charge in [-0.3, -0.25) is 10.1 Å². The van der Waals surface area contributed by atoms with Crippen molar-refractivity contribution >= 4 is 29.1 Å². The number of pyridine rings is 1. The van der Waals surface area contributed by atoms with Gasteiger partial charge in [0.15, 0.2) is 0 Å². The number of rotatable bonds is 6. The Morgan fingerprint density at radius 1 is 1.46 bits per heavy atom. The van der Waals surface area contributed by atoms with E-state index in [1.54, 1.807) is 24.3 Å². The van der Waals surface area contributed by atoms with E-state index in [0.29, 0.717) is 10.6 Å². The smallest absolute Gasteiger partial charge is 0.339 e. The lowest BCUT2D eigenvalue weighted by molar-refractivity contribution is -0.384. The van der Waals surface area contributed by atoms with Crippen molar-refractivity contribution in [3.63, 3.8) is 0 Å². The van der Waals surface area contributed by atoms with E-state index in [-0.39, 0.29) is 23.6 Å². The van der Waals surface area contributed by atoms with E-state index in [9.17, 15) is 20.0 Å². The molecule has 0 aliphatic heterocycles. The third-order valence-electron chi connectivity index (χ3n) is 3.20. The third-order valence-corrected chi connectivity index (χ3v) is 3.45. The number of ether oxygens (including phenoxy) is 1. The number of halogens is 1. The summed E-state index contributed by atoms with van der Waals surface area (Å²) in [5.74, 6) is -0.779. The Labute approximate surface area is 142 Å². The minimum atomic E-state index is -0.913. The van der Waals surface area contributed by atoms with Crippen molar-refractivity contribution in [3.05, 3.63) is 62.8 Å². The lowest BCUT2D eigenvalue weighted by Crippen LogP contribution is -2.14. The summed E-state index contributed by atoms with van der Waals surface area (Å²) in [5.41, 5.74) is 0.176. The van der Waals surface area contributed by atoms with Gasteiger partial charge in [-0.05, 0) is 17.7 Å². The molecule has 126 valence electrons. The normalized spacial score (nSPS) is 11.6. The number of nitro groups is 1. The van der Waals surface area contributed by atoms with Gasteiger partial charge in [0, 0.05) is 23.8 Å². The molecular formula is C15H14ClN3O5. The second-order valence-electron chi connectivity index (χ2n) is 4.79. The molecule has 0 amide bonds. The van der Waals surface area contributed by atoms with Crippen molar-refractivity contribution in [1.29, 1.82) is 0 Å². The van der Waals surface area contributed by atoms with Crippen molar-refractivity contribution in [2.75, 3.05) is 19.0 Å². The summed E-state index contributed by atoms with van der Waals surface area (Å²) < 4.78 is 4.50. The first-order chi connectivity index (χ1) is 11.4. The van der Waals surface area contributed by atoms with Crippen LogP contribution in [0.1, 0.15) is 22.0 Å². The highest BCUT2D eigenvalue weighted by molar-refractivity contribution is 6.30. The highest BCUT2D eigenvalue weighted by atomic mass is 35.5. The minimum absolute atomic E-state index is 0.00690. The summed E-state index contributed by atoms with van der Waals surface area (Å²) in [6, 6.07) is 7.63. The zero-order valence-corrected chi connectivity index (χ0v) is 13.4. The zero-order valence-electron chi connectivity index (χ0n) is 12.6. The molecule has 0 saturated carbocycles. The number of esters is 1. The second-order valence-corrected chi connectivity index (χ2v) is 5.23. The molecule has 1 aromatic heterocycles. The van der Waals surface area contributed by atoms with Crippen LogP contribution in [0.5, 0.6) is 0 Å². The highest BCUT2D eigenvalue weighted by Crippen LogP contribution is 2.24.